The molecule has 0 aliphatic rings. The molecule has 0 spiro atoms. The van der Waals surface area contributed by atoms with Gasteiger partial charge in [-0.2, -0.15) is 0 Å². The van der Waals surface area contributed by atoms with E-state index in [0.717, 1.165) is 16.7 Å². The largest absolute Gasteiger partial charge is 0.469 e. The fourth-order valence-corrected chi connectivity index (χ4v) is 2.36. The molecule has 1 heterocycles. The van der Waals surface area contributed by atoms with Crippen molar-refractivity contribution in [2.75, 3.05) is 7.11 Å². The van der Waals surface area contributed by atoms with Crippen molar-refractivity contribution >= 4 is 5.97 Å². The Bertz CT molecular complexity index is 804. The molecule has 23 heavy (non-hydrogen) atoms. The van der Waals surface area contributed by atoms with Gasteiger partial charge in [-0.05, 0) is 30.2 Å². The summed E-state index contributed by atoms with van der Waals surface area (Å²) in [5, 5.41) is 0. The van der Waals surface area contributed by atoms with E-state index in [9.17, 15) is 4.79 Å². The van der Waals surface area contributed by atoms with Crippen molar-refractivity contribution in [3.05, 3.63) is 66.1 Å². The zero-order valence-corrected chi connectivity index (χ0v) is 13.1. The van der Waals surface area contributed by atoms with Crippen LogP contribution in [0.5, 0.6) is 0 Å². The average molecular weight is 307 g/mol. The first-order valence-electron chi connectivity index (χ1n) is 7.36. The number of benzene rings is 2. The Hall–Kier alpha value is -2.88. The molecule has 0 radical (unpaired) electrons. The van der Waals surface area contributed by atoms with Crippen molar-refractivity contribution in [1.29, 1.82) is 0 Å². The molecule has 0 amide bonds. The maximum absolute atomic E-state index is 11.4. The highest BCUT2D eigenvalue weighted by molar-refractivity contribution is 5.72. The fraction of sp³-hybridized carbons (Fsp3) is 0.158. The lowest BCUT2D eigenvalue weighted by Crippen LogP contribution is -2.05. The maximum atomic E-state index is 11.4. The summed E-state index contributed by atoms with van der Waals surface area (Å²) >= 11 is 0. The highest BCUT2D eigenvalue weighted by Gasteiger charge is 2.14. The molecule has 2 aromatic carbocycles. The van der Waals surface area contributed by atoms with Crippen LogP contribution in [-0.2, 0) is 16.0 Å². The second-order valence-electron chi connectivity index (χ2n) is 5.22. The number of esters is 1. The molecule has 0 saturated heterocycles. The number of aromatic nitrogens is 1. The third kappa shape index (κ3) is 3.31. The molecule has 0 bridgehead atoms. The van der Waals surface area contributed by atoms with Crippen LogP contribution in [0.1, 0.15) is 11.5 Å². The van der Waals surface area contributed by atoms with Gasteiger partial charge in [0, 0.05) is 5.56 Å². The Morgan fingerprint density at radius 3 is 2.26 bits per heavy atom. The van der Waals surface area contributed by atoms with Gasteiger partial charge in [0.05, 0.1) is 19.2 Å². The lowest BCUT2D eigenvalue weighted by molar-refractivity contribution is -0.139. The summed E-state index contributed by atoms with van der Waals surface area (Å²) in [6, 6.07) is 18.2. The Morgan fingerprint density at radius 2 is 1.61 bits per heavy atom. The predicted octanol–water partition coefficient (Wildman–Crippen LogP) is 4.03. The summed E-state index contributed by atoms with van der Waals surface area (Å²) < 4.78 is 10.3. The number of hydrogen-bond acceptors (Lipinski definition) is 4. The zero-order chi connectivity index (χ0) is 16.2. The Balaban J connectivity index is 1.85. The van der Waals surface area contributed by atoms with Crippen LogP contribution in [0.3, 0.4) is 0 Å². The van der Waals surface area contributed by atoms with Crippen molar-refractivity contribution in [2.45, 2.75) is 13.3 Å². The van der Waals surface area contributed by atoms with E-state index < -0.39 is 0 Å². The van der Waals surface area contributed by atoms with Gasteiger partial charge >= 0.3 is 5.97 Å². The van der Waals surface area contributed by atoms with Crippen LogP contribution in [0.25, 0.3) is 22.6 Å². The minimum atomic E-state index is -0.327. The molecule has 0 N–H and O–H groups in total. The van der Waals surface area contributed by atoms with E-state index in [1.54, 1.807) is 6.92 Å². The quantitative estimate of drug-likeness (QED) is 0.683. The first-order chi connectivity index (χ1) is 11.2. The highest BCUT2D eigenvalue weighted by Crippen LogP contribution is 2.26. The third-order valence-corrected chi connectivity index (χ3v) is 3.67. The van der Waals surface area contributed by atoms with Crippen molar-refractivity contribution in [2.24, 2.45) is 0 Å². The number of hydrogen-bond donors (Lipinski definition) is 0. The molecule has 1 aromatic heterocycles. The molecular formula is C19H17NO3. The molecule has 3 rings (SSSR count). The smallest absolute Gasteiger partial charge is 0.311 e. The summed E-state index contributed by atoms with van der Waals surface area (Å²) in [6.45, 7) is 1.80. The maximum Gasteiger partial charge on any atom is 0.311 e. The van der Waals surface area contributed by atoms with Gasteiger partial charge in [-0.15, -0.1) is 0 Å². The number of carbonyl (C=O) groups excluding carboxylic acids is 1. The third-order valence-electron chi connectivity index (χ3n) is 3.67. The standard InChI is InChI=1S/C19H17NO3/c1-13-17(12-18(21)22-2)20-19(23-13)16-10-8-15(9-11-16)14-6-4-3-5-7-14/h3-11H,12H2,1-2H3. The van der Waals surface area contributed by atoms with Gasteiger partial charge in [0.15, 0.2) is 0 Å². The van der Waals surface area contributed by atoms with Crippen molar-refractivity contribution in [3.8, 4) is 22.6 Å². The Morgan fingerprint density at radius 1 is 1.00 bits per heavy atom. The molecule has 0 saturated carbocycles. The molecule has 116 valence electrons. The van der Waals surface area contributed by atoms with Gasteiger partial charge in [0.2, 0.25) is 5.89 Å². The van der Waals surface area contributed by atoms with Gasteiger partial charge in [0.1, 0.15) is 5.76 Å². The van der Waals surface area contributed by atoms with E-state index in [4.69, 9.17) is 4.42 Å². The van der Waals surface area contributed by atoms with E-state index in [0.29, 0.717) is 17.3 Å². The summed E-state index contributed by atoms with van der Waals surface area (Å²) in [4.78, 5) is 15.8. The molecule has 0 atom stereocenters. The first-order valence-corrected chi connectivity index (χ1v) is 7.36. The van der Waals surface area contributed by atoms with Gasteiger partial charge in [-0.1, -0.05) is 42.5 Å². The Labute approximate surface area is 134 Å². The topological polar surface area (TPSA) is 52.3 Å². The monoisotopic (exact) mass is 307 g/mol. The molecule has 0 aliphatic heterocycles. The van der Waals surface area contributed by atoms with Crippen LogP contribution < -0.4 is 0 Å². The normalized spacial score (nSPS) is 10.5. The van der Waals surface area contributed by atoms with E-state index >= 15 is 0 Å². The lowest BCUT2D eigenvalue weighted by atomic mass is 10.0. The van der Waals surface area contributed by atoms with E-state index in [1.165, 1.54) is 7.11 Å². The summed E-state index contributed by atoms with van der Waals surface area (Å²) in [6.07, 6.45) is 0.119. The fourth-order valence-electron chi connectivity index (χ4n) is 2.36. The van der Waals surface area contributed by atoms with Crippen molar-refractivity contribution in [3.63, 3.8) is 0 Å². The lowest BCUT2D eigenvalue weighted by Gasteiger charge is -2.02. The van der Waals surface area contributed by atoms with Crippen LogP contribution in [0.4, 0.5) is 0 Å². The number of nitrogens with zero attached hydrogens (tertiary/aromatic N) is 1. The SMILES string of the molecule is COC(=O)Cc1nc(-c2ccc(-c3ccccc3)cc2)oc1C. The van der Waals surface area contributed by atoms with E-state index in [-0.39, 0.29) is 12.4 Å². The van der Waals surface area contributed by atoms with Crippen molar-refractivity contribution < 1.29 is 13.9 Å². The first kappa shape index (κ1) is 15.0. The minimum absolute atomic E-state index is 0.119. The van der Waals surface area contributed by atoms with E-state index in [2.05, 4.69) is 21.9 Å². The number of aryl methyl sites for hydroxylation is 1. The van der Waals surface area contributed by atoms with Crippen LogP contribution in [-0.4, -0.2) is 18.1 Å². The molecule has 0 fully saturated rings. The predicted molar refractivity (Wildman–Crippen MR) is 87.8 cm³/mol. The van der Waals surface area contributed by atoms with Crippen LogP contribution in [0.2, 0.25) is 0 Å². The highest BCUT2D eigenvalue weighted by atomic mass is 16.5. The summed E-state index contributed by atoms with van der Waals surface area (Å²) in [5.41, 5.74) is 3.78. The molecular weight excluding hydrogens is 290 g/mol. The van der Waals surface area contributed by atoms with Crippen molar-refractivity contribution in [1.82, 2.24) is 4.98 Å². The second-order valence-corrected chi connectivity index (χ2v) is 5.22. The number of carbonyl (C=O) groups is 1. The average Bonchev–Trinajstić information content (AvgIpc) is 2.96. The Kier molecular flexibility index (Phi) is 4.24. The van der Waals surface area contributed by atoms with Gasteiger partial charge < -0.3 is 9.15 Å². The minimum Gasteiger partial charge on any atom is -0.469 e. The molecule has 3 aromatic rings. The second kappa shape index (κ2) is 6.48. The van der Waals surface area contributed by atoms with Crippen LogP contribution in [0, 0.1) is 6.92 Å². The molecule has 4 nitrogen and oxygen atoms in total. The molecule has 0 unspecified atom stereocenters. The van der Waals surface area contributed by atoms with Gasteiger partial charge in [-0.3, -0.25) is 4.79 Å². The molecule has 0 aliphatic carbocycles. The van der Waals surface area contributed by atoms with E-state index in [1.807, 2.05) is 42.5 Å². The summed E-state index contributed by atoms with van der Waals surface area (Å²) in [5.74, 6) is 0.825. The number of oxazole rings is 1. The van der Waals surface area contributed by atoms with Gasteiger partial charge in [-0.25, -0.2) is 4.98 Å². The number of rotatable bonds is 4. The van der Waals surface area contributed by atoms with Crippen LogP contribution in [0.15, 0.2) is 59.0 Å². The summed E-state index contributed by atoms with van der Waals surface area (Å²) in [7, 11) is 1.36. The van der Waals surface area contributed by atoms with Crippen LogP contribution >= 0.6 is 0 Å². The molecule has 4 heteroatoms. The number of methoxy groups -OCH3 is 1. The van der Waals surface area contributed by atoms with Gasteiger partial charge in [0.25, 0.3) is 0 Å². The zero-order valence-electron chi connectivity index (χ0n) is 13.1. The number of ether oxygens (including phenoxy) is 1.